The van der Waals surface area contributed by atoms with Crippen molar-refractivity contribution in [2.24, 2.45) is 0 Å². The van der Waals surface area contributed by atoms with Crippen molar-refractivity contribution >= 4 is 5.97 Å². The summed E-state index contributed by atoms with van der Waals surface area (Å²) in [5, 5.41) is 0. The minimum absolute atomic E-state index is 0.385. The van der Waals surface area contributed by atoms with Crippen LogP contribution < -0.4 is 9.47 Å². The van der Waals surface area contributed by atoms with E-state index in [2.05, 4.69) is 0 Å². The zero-order valence-electron chi connectivity index (χ0n) is 10.7. The average molecular weight is 252 g/mol. The molecule has 0 fully saturated rings. The SMILES string of the molecule is COCCOc1ccc2c(c1)OC(C)(C)OC2=O. The van der Waals surface area contributed by atoms with E-state index in [1.165, 1.54) is 0 Å². The smallest absolute Gasteiger partial charge is 0.345 e. The van der Waals surface area contributed by atoms with E-state index in [0.29, 0.717) is 30.3 Å². The molecule has 0 N–H and O–H groups in total. The Morgan fingerprint density at radius 2 is 2.00 bits per heavy atom. The van der Waals surface area contributed by atoms with Crippen molar-refractivity contribution in [3.8, 4) is 11.5 Å². The van der Waals surface area contributed by atoms with Crippen molar-refractivity contribution in [1.82, 2.24) is 0 Å². The second kappa shape index (κ2) is 4.86. The fourth-order valence-corrected chi connectivity index (χ4v) is 1.65. The number of ether oxygens (including phenoxy) is 4. The van der Waals surface area contributed by atoms with Gasteiger partial charge >= 0.3 is 5.97 Å². The van der Waals surface area contributed by atoms with Crippen LogP contribution in [0.2, 0.25) is 0 Å². The summed E-state index contributed by atoms with van der Waals surface area (Å²) in [5.74, 6) is -0.220. The summed E-state index contributed by atoms with van der Waals surface area (Å²) in [6, 6.07) is 5.03. The van der Waals surface area contributed by atoms with Gasteiger partial charge < -0.3 is 18.9 Å². The third-order valence-corrected chi connectivity index (χ3v) is 2.42. The van der Waals surface area contributed by atoms with Gasteiger partial charge in [-0.3, -0.25) is 0 Å². The first-order valence-corrected chi connectivity index (χ1v) is 5.70. The van der Waals surface area contributed by atoms with Crippen LogP contribution in [-0.4, -0.2) is 32.1 Å². The number of rotatable bonds is 4. The quantitative estimate of drug-likeness (QED) is 0.606. The average Bonchev–Trinajstić information content (AvgIpc) is 2.27. The van der Waals surface area contributed by atoms with Crippen LogP contribution in [0.3, 0.4) is 0 Å². The van der Waals surface area contributed by atoms with Gasteiger partial charge in [-0.15, -0.1) is 0 Å². The third-order valence-electron chi connectivity index (χ3n) is 2.42. The Morgan fingerprint density at radius 3 is 2.72 bits per heavy atom. The molecule has 5 nitrogen and oxygen atoms in total. The molecule has 98 valence electrons. The van der Waals surface area contributed by atoms with Crippen molar-refractivity contribution < 1.29 is 23.7 Å². The Kier molecular flexibility index (Phi) is 3.43. The van der Waals surface area contributed by atoms with Gasteiger partial charge in [-0.2, -0.15) is 0 Å². The number of methoxy groups -OCH3 is 1. The van der Waals surface area contributed by atoms with Gasteiger partial charge in [0, 0.05) is 27.0 Å². The number of esters is 1. The molecule has 0 aliphatic carbocycles. The van der Waals surface area contributed by atoms with E-state index in [4.69, 9.17) is 18.9 Å². The highest BCUT2D eigenvalue weighted by molar-refractivity contribution is 5.93. The largest absolute Gasteiger partial charge is 0.491 e. The number of fused-ring (bicyclic) bond motifs is 1. The Bertz CT molecular complexity index is 453. The summed E-state index contributed by atoms with van der Waals surface area (Å²) in [6.07, 6.45) is 0. The molecule has 1 aliphatic heterocycles. The van der Waals surface area contributed by atoms with E-state index in [-0.39, 0.29) is 5.97 Å². The van der Waals surface area contributed by atoms with E-state index >= 15 is 0 Å². The van der Waals surface area contributed by atoms with E-state index in [1.807, 2.05) is 0 Å². The lowest BCUT2D eigenvalue weighted by molar-refractivity contribution is -0.127. The molecule has 0 atom stereocenters. The number of cyclic esters (lactones) is 1. The molecule has 2 rings (SSSR count). The summed E-state index contributed by atoms with van der Waals surface area (Å²) in [5.41, 5.74) is 0.411. The van der Waals surface area contributed by atoms with Gasteiger partial charge in [0.1, 0.15) is 23.7 Å². The second-order valence-corrected chi connectivity index (χ2v) is 4.39. The predicted octanol–water partition coefficient (Wildman–Crippen LogP) is 2.00. The zero-order valence-corrected chi connectivity index (χ0v) is 10.7. The van der Waals surface area contributed by atoms with Crippen LogP contribution >= 0.6 is 0 Å². The van der Waals surface area contributed by atoms with Crippen LogP contribution in [-0.2, 0) is 9.47 Å². The monoisotopic (exact) mass is 252 g/mol. The van der Waals surface area contributed by atoms with Crippen molar-refractivity contribution in [2.75, 3.05) is 20.3 Å². The summed E-state index contributed by atoms with van der Waals surface area (Å²) in [7, 11) is 1.61. The Balaban J connectivity index is 2.18. The summed E-state index contributed by atoms with van der Waals surface area (Å²) in [6.45, 7) is 4.33. The number of hydrogen-bond acceptors (Lipinski definition) is 5. The molecule has 0 spiro atoms. The van der Waals surface area contributed by atoms with Crippen LogP contribution in [0.25, 0.3) is 0 Å². The summed E-state index contributed by atoms with van der Waals surface area (Å²) in [4.78, 5) is 11.7. The normalized spacial score (nSPS) is 16.5. The number of benzene rings is 1. The van der Waals surface area contributed by atoms with Crippen molar-refractivity contribution in [1.29, 1.82) is 0 Å². The molecule has 0 saturated carbocycles. The second-order valence-electron chi connectivity index (χ2n) is 4.39. The van der Waals surface area contributed by atoms with Crippen LogP contribution in [0.5, 0.6) is 11.5 Å². The molecule has 18 heavy (non-hydrogen) atoms. The van der Waals surface area contributed by atoms with Crippen LogP contribution in [0.4, 0.5) is 0 Å². The van der Waals surface area contributed by atoms with Gasteiger partial charge in [0.05, 0.1) is 6.61 Å². The van der Waals surface area contributed by atoms with Gasteiger partial charge in [0.15, 0.2) is 0 Å². The lowest BCUT2D eigenvalue weighted by Gasteiger charge is -2.31. The standard InChI is InChI=1S/C13H16O5/c1-13(2)17-11-8-9(16-7-6-15-3)4-5-10(11)12(14)18-13/h4-5,8H,6-7H2,1-3H3. The zero-order chi connectivity index (χ0) is 13.2. The number of carbonyl (C=O) groups is 1. The molecule has 1 aromatic carbocycles. The Morgan fingerprint density at radius 1 is 1.22 bits per heavy atom. The molecule has 5 heteroatoms. The minimum atomic E-state index is -0.949. The maximum absolute atomic E-state index is 11.7. The minimum Gasteiger partial charge on any atom is -0.491 e. The van der Waals surface area contributed by atoms with Gasteiger partial charge in [0.2, 0.25) is 5.79 Å². The fourth-order valence-electron chi connectivity index (χ4n) is 1.65. The van der Waals surface area contributed by atoms with E-state index in [9.17, 15) is 4.79 Å². The molecule has 1 heterocycles. The van der Waals surface area contributed by atoms with Gasteiger partial charge in [-0.1, -0.05) is 0 Å². The molecule has 0 amide bonds. The Hall–Kier alpha value is -1.75. The van der Waals surface area contributed by atoms with Crippen molar-refractivity contribution in [3.05, 3.63) is 23.8 Å². The van der Waals surface area contributed by atoms with E-state index in [0.717, 1.165) is 0 Å². The van der Waals surface area contributed by atoms with Gasteiger partial charge in [-0.25, -0.2) is 4.79 Å². The maximum atomic E-state index is 11.7. The molecule has 0 radical (unpaired) electrons. The number of hydrogen-bond donors (Lipinski definition) is 0. The molecule has 0 aromatic heterocycles. The van der Waals surface area contributed by atoms with E-state index < -0.39 is 5.79 Å². The highest BCUT2D eigenvalue weighted by Gasteiger charge is 2.33. The molecule has 0 unspecified atom stereocenters. The molecule has 1 aliphatic rings. The highest BCUT2D eigenvalue weighted by Crippen LogP contribution is 2.33. The van der Waals surface area contributed by atoms with Gasteiger partial charge in [-0.05, 0) is 12.1 Å². The fraction of sp³-hybridized carbons (Fsp3) is 0.462. The summed E-state index contributed by atoms with van der Waals surface area (Å²) < 4.78 is 21.1. The molecule has 0 saturated heterocycles. The van der Waals surface area contributed by atoms with Crippen LogP contribution in [0, 0.1) is 0 Å². The summed E-state index contributed by atoms with van der Waals surface area (Å²) >= 11 is 0. The van der Waals surface area contributed by atoms with E-state index in [1.54, 1.807) is 39.2 Å². The molecular formula is C13H16O5. The molecule has 0 bridgehead atoms. The molecular weight excluding hydrogens is 236 g/mol. The lowest BCUT2D eigenvalue weighted by atomic mass is 10.1. The van der Waals surface area contributed by atoms with Crippen molar-refractivity contribution in [2.45, 2.75) is 19.6 Å². The first-order chi connectivity index (χ1) is 8.52. The predicted molar refractivity (Wildman–Crippen MR) is 63.9 cm³/mol. The number of carbonyl (C=O) groups excluding carboxylic acids is 1. The molecule has 1 aromatic rings. The first-order valence-electron chi connectivity index (χ1n) is 5.70. The lowest BCUT2D eigenvalue weighted by Crippen LogP contribution is -2.38. The van der Waals surface area contributed by atoms with Crippen molar-refractivity contribution in [3.63, 3.8) is 0 Å². The third kappa shape index (κ3) is 2.73. The Labute approximate surface area is 106 Å². The highest BCUT2D eigenvalue weighted by atomic mass is 16.7. The van der Waals surface area contributed by atoms with Gasteiger partial charge in [0.25, 0.3) is 0 Å². The topological polar surface area (TPSA) is 54.0 Å². The maximum Gasteiger partial charge on any atom is 0.345 e. The van der Waals surface area contributed by atoms with Crippen LogP contribution in [0.1, 0.15) is 24.2 Å². The first kappa shape index (κ1) is 12.7. The van der Waals surface area contributed by atoms with Crippen LogP contribution in [0.15, 0.2) is 18.2 Å².